The van der Waals surface area contributed by atoms with Crippen LogP contribution in [0.5, 0.6) is 5.75 Å². The van der Waals surface area contributed by atoms with Gasteiger partial charge in [0, 0.05) is 12.8 Å². The number of H-pyrrole nitrogens is 1. The molecule has 1 aliphatic rings. The maximum absolute atomic E-state index is 12.7. The third-order valence-corrected chi connectivity index (χ3v) is 5.17. The third kappa shape index (κ3) is 4.19. The number of nitrogens with one attached hydrogen (secondary N) is 2. The van der Waals surface area contributed by atoms with E-state index in [9.17, 15) is 4.79 Å². The van der Waals surface area contributed by atoms with Crippen LogP contribution >= 0.6 is 0 Å². The van der Waals surface area contributed by atoms with Crippen LogP contribution in [0.4, 0.5) is 0 Å². The zero-order chi connectivity index (χ0) is 19.5. The summed E-state index contributed by atoms with van der Waals surface area (Å²) in [5.41, 5.74) is 4.36. The van der Waals surface area contributed by atoms with Crippen molar-refractivity contribution in [3.63, 3.8) is 0 Å². The normalized spacial score (nSPS) is 14.1. The van der Waals surface area contributed by atoms with Crippen molar-refractivity contribution in [3.8, 4) is 5.75 Å². The van der Waals surface area contributed by atoms with E-state index in [1.165, 1.54) is 11.1 Å². The molecule has 5 heteroatoms. The highest BCUT2D eigenvalue weighted by atomic mass is 16.5. The van der Waals surface area contributed by atoms with Gasteiger partial charge in [-0.2, -0.15) is 0 Å². The highest BCUT2D eigenvalue weighted by molar-refractivity contribution is 5.77. The zero-order valence-corrected chi connectivity index (χ0v) is 16.5. The Balaban J connectivity index is 1.42. The molecule has 1 amide bonds. The number of imidazole rings is 1. The van der Waals surface area contributed by atoms with E-state index in [2.05, 4.69) is 36.3 Å². The Morgan fingerprint density at radius 1 is 1.25 bits per heavy atom. The number of fused-ring (bicyclic) bond motifs is 2. The number of ether oxygens (including phenoxy) is 1. The van der Waals surface area contributed by atoms with Gasteiger partial charge in [0.15, 0.2) is 0 Å². The fourth-order valence-electron chi connectivity index (χ4n) is 3.77. The number of benzene rings is 2. The van der Waals surface area contributed by atoms with Crippen molar-refractivity contribution in [1.29, 1.82) is 0 Å². The van der Waals surface area contributed by atoms with Gasteiger partial charge in [-0.1, -0.05) is 38.1 Å². The molecule has 0 saturated carbocycles. The summed E-state index contributed by atoms with van der Waals surface area (Å²) in [5.74, 6) is 2.33. The second-order valence-corrected chi connectivity index (χ2v) is 7.93. The molecule has 0 saturated heterocycles. The Kier molecular flexibility index (Phi) is 5.33. The largest absolute Gasteiger partial charge is 0.493 e. The topological polar surface area (TPSA) is 67.0 Å². The molecule has 1 aromatic heterocycles. The fourth-order valence-corrected chi connectivity index (χ4v) is 3.77. The number of aromatic amines is 1. The Morgan fingerprint density at radius 3 is 2.93 bits per heavy atom. The molecule has 5 nitrogen and oxygen atoms in total. The molecule has 0 spiro atoms. The molecule has 1 atom stereocenters. The summed E-state index contributed by atoms with van der Waals surface area (Å²) in [6.07, 6.45) is 3.00. The van der Waals surface area contributed by atoms with Gasteiger partial charge in [0.05, 0.1) is 23.7 Å². The molecule has 0 radical (unpaired) electrons. The van der Waals surface area contributed by atoms with Gasteiger partial charge in [-0.25, -0.2) is 4.98 Å². The number of carbonyl (C=O) groups is 1. The number of aromatic nitrogens is 2. The predicted molar refractivity (Wildman–Crippen MR) is 110 cm³/mol. The van der Waals surface area contributed by atoms with E-state index in [0.29, 0.717) is 12.3 Å². The van der Waals surface area contributed by atoms with E-state index in [1.807, 2.05) is 30.3 Å². The van der Waals surface area contributed by atoms with Crippen LogP contribution in [0.25, 0.3) is 11.0 Å². The zero-order valence-electron chi connectivity index (χ0n) is 16.5. The lowest BCUT2D eigenvalue weighted by molar-refractivity contribution is -0.122. The highest BCUT2D eigenvalue weighted by Crippen LogP contribution is 2.26. The van der Waals surface area contributed by atoms with Gasteiger partial charge in [0.25, 0.3) is 0 Å². The predicted octanol–water partition coefficient (Wildman–Crippen LogP) is 4.33. The lowest BCUT2D eigenvalue weighted by atomic mass is 10.0. The molecule has 0 aliphatic carbocycles. The van der Waals surface area contributed by atoms with Crippen molar-refractivity contribution < 1.29 is 9.53 Å². The highest BCUT2D eigenvalue weighted by Gasteiger charge is 2.20. The molecule has 0 bridgehead atoms. The Morgan fingerprint density at radius 2 is 2.11 bits per heavy atom. The number of hydrogen-bond donors (Lipinski definition) is 2. The van der Waals surface area contributed by atoms with Gasteiger partial charge >= 0.3 is 0 Å². The Bertz CT molecular complexity index is 944. The van der Waals surface area contributed by atoms with Crippen LogP contribution in [-0.4, -0.2) is 22.5 Å². The van der Waals surface area contributed by atoms with Gasteiger partial charge in [0.1, 0.15) is 11.6 Å². The van der Waals surface area contributed by atoms with Gasteiger partial charge < -0.3 is 15.0 Å². The molecule has 1 aliphatic heterocycles. The van der Waals surface area contributed by atoms with Crippen LogP contribution < -0.4 is 10.1 Å². The number of hydrogen-bond acceptors (Lipinski definition) is 3. The number of aryl methyl sites for hydroxylation is 1. The molecule has 2 heterocycles. The molecule has 2 aromatic carbocycles. The van der Waals surface area contributed by atoms with Gasteiger partial charge in [0.2, 0.25) is 5.91 Å². The monoisotopic (exact) mass is 377 g/mol. The van der Waals surface area contributed by atoms with E-state index >= 15 is 0 Å². The van der Waals surface area contributed by atoms with Crippen LogP contribution in [0.2, 0.25) is 0 Å². The van der Waals surface area contributed by atoms with Gasteiger partial charge in [-0.15, -0.1) is 0 Å². The van der Waals surface area contributed by atoms with Crippen molar-refractivity contribution in [2.24, 2.45) is 5.92 Å². The molecule has 0 unspecified atom stereocenters. The first kappa shape index (κ1) is 18.5. The molecular formula is C23H27N3O2. The second-order valence-electron chi connectivity index (χ2n) is 7.93. The molecule has 2 N–H and O–H groups in total. The molecule has 146 valence electrons. The minimum absolute atomic E-state index is 0.0582. The number of amides is 1. The smallest absolute Gasteiger partial charge is 0.220 e. The molecule has 28 heavy (non-hydrogen) atoms. The lowest BCUT2D eigenvalue weighted by Gasteiger charge is -2.19. The maximum Gasteiger partial charge on any atom is 0.220 e. The fraction of sp³-hybridized carbons (Fsp3) is 0.391. The standard InChI is InChI=1S/C23H27N3O2/c1-15(2)13-20(23-25-18-5-3-4-6-19(18)26-23)24-22(27)10-8-16-7-9-21-17(14-16)11-12-28-21/h3-7,9,14-15,20H,8,10-13H2,1-2H3,(H,24,27)(H,25,26)/t20-/m0/s1. The van der Waals surface area contributed by atoms with Crippen molar-refractivity contribution in [2.75, 3.05) is 6.61 Å². The summed E-state index contributed by atoms with van der Waals surface area (Å²) in [7, 11) is 0. The van der Waals surface area contributed by atoms with Crippen LogP contribution in [0.15, 0.2) is 42.5 Å². The van der Waals surface area contributed by atoms with Crippen LogP contribution in [0.3, 0.4) is 0 Å². The van der Waals surface area contributed by atoms with E-state index in [0.717, 1.165) is 48.5 Å². The summed E-state index contributed by atoms with van der Waals surface area (Å²) in [6, 6.07) is 14.1. The van der Waals surface area contributed by atoms with Crippen LogP contribution in [-0.2, 0) is 17.6 Å². The second kappa shape index (κ2) is 8.05. The first-order valence-corrected chi connectivity index (χ1v) is 10.1. The maximum atomic E-state index is 12.7. The Hall–Kier alpha value is -2.82. The lowest BCUT2D eigenvalue weighted by Crippen LogP contribution is -2.30. The first-order chi connectivity index (χ1) is 13.6. The van der Waals surface area contributed by atoms with E-state index in [1.54, 1.807) is 0 Å². The average Bonchev–Trinajstić information content (AvgIpc) is 3.31. The number of nitrogens with zero attached hydrogens (tertiary/aromatic N) is 1. The summed E-state index contributed by atoms with van der Waals surface area (Å²) >= 11 is 0. The molecule has 3 aromatic rings. The quantitative estimate of drug-likeness (QED) is 0.644. The van der Waals surface area contributed by atoms with Gasteiger partial charge in [-0.3, -0.25) is 4.79 Å². The van der Waals surface area contributed by atoms with E-state index in [4.69, 9.17) is 9.72 Å². The van der Waals surface area contributed by atoms with Crippen molar-refractivity contribution >= 4 is 16.9 Å². The SMILES string of the molecule is CC(C)C[C@H](NC(=O)CCc1ccc2c(c1)CCO2)c1nc2ccccc2[nH]1. The van der Waals surface area contributed by atoms with Crippen molar-refractivity contribution in [3.05, 3.63) is 59.4 Å². The minimum atomic E-state index is -0.103. The Labute approximate surface area is 165 Å². The summed E-state index contributed by atoms with van der Waals surface area (Å²) < 4.78 is 5.55. The summed E-state index contributed by atoms with van der Waals surface area (Å²) in [5, 5.41) is 3.19. The molecule has 4 rings (SSSR count). The molecule has 0 fully saturated rings. The summed E-state index contributed by atoms with van der Waals surface area (Å²) in [4.78, 5) is 20.7. The number of carbonyl (C=O) groups excluding carboxylic acids is 1. The van der Waals surface area contributed by atoms with Gasteiger partial charge in [-0.05, 0) is 48.1 Å². The third-order valence-electron chi connectivity index (χ3n) is 5.17. The minimum Gasteiger partial charge on any atom is -0.493 e. The van der Waals surface area contributed by atoms with Crippen LogP contribution in [0, 0.1) is 5.92 Å². The van der Waals surface area contributed by atoms with E-state index in [-0.39, 0.29) is 11.9 Å². The summed E-state index contributed by atoms with van der Waals surface area (Å²) in [6.45, 7) is 5.08. The number of para-hydroxylation sites is 2. The van der Waals surface area contributed by atoms with Crippen molar-refractivity contribution in [2.45, 2.75) is 45.6 Å². The first-order valence-electron chi connectivity index (χ1n) is 10.1. The van der Waals surface area contributed by atoms with Crippen molar-refractivity contribution in [1.82, 2.24) is 15.3 Å². The van der Waals surface area contributed by atoms with E-state index < -0.39 is 0 Å². The average molecular weight is 377 g/mol. The molecular weight excluding hydrogens is 350 g/mol. The van der Waals surface area contributed by atoms with Crippen LogP contribution in [0.1, 0.15) is 49.7 Å². The number of rotatable bonds is 7.